The van der Waals surface area contributed by atoms with E-state index >= 15 is 0 Å². The maximum absolute atomic E-state index is 11.9. The molecule has 2 N–H and O–H groups in total. The van der Waals surface area contributed by atoms with Crippen LogP contribution in [-0.4, -0.2) is 21.0 Å². The van der Waals surface area contributed by atoms with Crippen molar-refractivity contribution in [3.63, 3.8) is 0 Å². The van der Waals surface area contributed by atoms with E-state index in [2.05, 4.69) is 15.3 Å². The van der Waals surface area contributed by atoms with E-state index in [0.29, 0.717) is 11.6 Å². The number of carbonyl (C=O) groups excluding carboxylic acids is 1. The summed E-state index contributed by atoms with van der Waals surface area (Å²) in [5.41, 5.74) is -0.393. The monoisotopic (exact) mass is 301 g/mol. The first kappa shape index (κ1) is 14.2. The lowest BCUT2D eigenvalue weighted by molar-refractivity contribution is 0.0991. The van der Waals surface area contributed by atoms with Crippen molar-refractivity contribution >= 4 is 11.6 Å². The molecule has 0 spiro atoms. The minimum absolute atomic E-state index is 0.273. The molecule has 1 aliphatic rings. The number of anilines is 1. The minimum Gasteiger partial charge on any atom is -0.508 e. The summed E-state index contributed by atoms with van der Waals surface area (Å²) in [5, 5.41) is 11.8. The van der Waals surface area contributed by atoms with Crippen molar-refractivity contribution in [3.8, 4) is 5.75 Å². The molecule has 1 saturated carbocycles. The fourth-order valence-corrected chi connectivity index (χ4v) is 2.57. The smallest absolute Gasteiger partial charge is 0.340 e. The second-order valence-electron chi connectivity index (χ2n) is 5.26. The second-order valence-corrected chi connectivity index (χ2v) is 5.26. The maximum Gasteiger partial charge on any atom is 0.340 e. The highest BCUT2D eigenvalue weighted by molar-refractivity contribution is 6.02. The third-order valence-corrected chi connectivity index (χ3v) is 3.63. The van der Waals surface area contributed by atoms with Crippen LogP contribution in [0.3, 0.4) is 0 Å². The van der Waals surface area contributed by atoms with Crippen molar-refractivity contribution in [2.24, 2.45) is 0 Å². The normalized spacial score (nSPS) is 14.9. The van der Waals surface area contributed by atoms with Gasteiger partial charge in [0.2, 0.25) is 0 Å². The van der Waals surface area contributed by atoms with Crippen molar-refractivity contribution in [1.29, 1.82) is 0 Å². The van der Waals surface area contributed by atoms with Crippen LogP contribution < -0.4 is 10.9 Å². The van der Waals surface area contributed by atoms with E-state index in [-0.39, 0.29) is 11.5 Å². The number of nitrogens with zero attached hydrogens (tertiary/aromatic N) is 2. The average molecular weight is 301 g/mol. The average Bonchev–Trinajstić information content (AvgIpc) is 3.01. The quantitative estimate of drug-likeness (QED) is 0.898. The molecule has 0 atom stereocenters. The molecule has 1 amide bonds. The summed E-state index contributed by atoms with van der Waals surface area (Å²) < 4.78 is 4.73. The summed E-state index contributed by atoms with van der Waals surface area (Å²) in [7, 11) is 0. The largest absolute Gasteiger partial charge is 0.508 e. The van der Waals surface area contributed by atoms with Gasteiger partial charge >= 0.3 is 5.63 Å². The SMILES string of the molecule is O=C(Nc1cnc(C2CCCC2)nc1)c1cc(O)cc(=O)o1. The Kier molecular flexibility index (Phi) is 3.86. The maximum atomic E-state index is 11.9. The molecule has 3 rings (SSSR count). The topological polar surface area (TPSA) is 105 Å². The predicted molar refractivity (Wildman–Crippen MR) is 77.8 cm³/mol. The Bertz CT molecular complexity index is 733. The van der Waals surface area contributed by atoms with E-state index in [9.17, 15) is 14.7 Å². The van der Waals surface area contributed by atoms with Crippen molar-refractivity contribution in [3.05, 3.63) is 46.5 Å². The molecular formula is C15H15N3O4. The molecule has 0 unspecified atom stereocenters. The van der Waals surface area contributed by atoms with Crippen LogP contribution in [0.1, 0.15) is 48.0 Å². The number of aromatic nitrogens is 2. The van der Waals surface area contributed by atoms with Gasteiger partial charge in [0.1, 0.15) is 11.6 Å². The fraction of sp³-hybridized carbons (Fsp3) is 0.333. The van der Waals surface area contributed by atoms with E-state index in [1.807, 2.05) is 0 Å². The molecule has 114 valence electrons. The van der Waals surface area contributed by atoms with Gasteiger partial charge in [-0.1, -0.05) is 12.8 Å². The summed E-state index contributed by atoms with van der Waals surface area (Å²) in [6.07, 6.45) is 7.64. The number of hydrogen-bond donors (Lipinski definition) is 2. The van der Waals surface area contributed by atoms with E-state index < -0.39 is 11.5 Å². The Hall–Kier alpha value is -2.70. The highest BCUT2D eigenvalue weighted by Crippen LogP contribution is 2.31. The number of amides is 1. The number of hydrogen-bond acceptors (Lipinski definition) is 6. The van der Waals surface area contributed by atoms with Gasteiger partial charge in [-0.15, -0.1) is 0 Å². The molecule has 2 aromatic rings. The van der Waals surface area contributed by atoms with E-state index in [4.69, 9.17) is 4.42 Å². The lowest BCUT2D eigenvalue weighted by Crippen LogP contribution is -2.15. The first-order chi connectivity index (χ1) is 10.6. The zero-order valence-corrected chi connectivity index (χ0v) is 11.8. The minimum atomic E-state index is -0.794. The zero-order chi connectivity index (χ0) is 15.5. The summed E-state index contributed by atoms with van der Waals surface area (Å²) in [6, 6.07) is 1.96. The summed E-state index contributed by atoms with van der Waals surface area (Å²) >= 11 is 0. The van der Waals surface area contributed by atoms with Crippen LogP contribution in [0.4, 0.5) is 5.69 Å². The van der Waals surface area contributed by atoms with Crippen LogP contribution in [0.15, 0.2) is 33.7 Å². The molecule has 0 aromatic carbocycles. The van der Waals surface area contributed by atoms with Gasteiger partial charge in [-0.05, 0) is 12.8 Å². The Morgan fingerprint density at radius 1 is 1.23 bits per heavy atom. The van der Waals surface area contributed by atoms with Crippen LogP contribution in [0.25, 0.3) is 0 Å². The molecule has 0 saturated heterocycles. The first-order valence-electron chi connectivity index (χ1n) is 7.09. The van der Waals surface area contributed by atoms with Crippen LogP contribution >= 0.6 is 0 Å². The summed E-state index contributed by atoms with van der Waals surface area (Å²) in [6.45, 7) is 0. The Labute approximate surface area is 126 Å². The molecule has 0 aliphatic heterocycles. The number of carbonyl (C=O) groups is 1. The van der Waals surface area contributed by atoms with Crippen LogP contribution in [-0.2, 0) is 0 Å². The van der Waals surface area contributed by atoms with Gasteiger partial charge in [0.15, 0.2) is 5.76 Å². The molecule has 0 bridgehead atoms. The molecule has 7 nitrogen and oxygen atoms in total. The fourth-order valence-electron chi connectivity index (χ4n) is 2.57. The van der Waals surface area contributed by atoms with Gasteiger partial charge in [-0.25, -0.2) is 14.8 Å². The van der Waals surface area contributed by atoms with Crippen LogP contribution in [0, 0.1) is 0 Å². The van der Waals surface area contributed by atoms with Crippen molar-refractivity contribution < 1.29 is 14.3 Å². The number of nitrogens with one attached hydrogen (secondary N) is 1. The third kappa shape index (κ3) is 3.13. The lowest BCUT2D eigenvalue weighted by Gasteiger charge is -2.08. The first-order valence-corrected chi connectivity index (χ1v) is 7.09. The molecule has 2 aromatic heterocycles. The van der Waals surface area contributed by atoms with E-state index in [0.717, 1.165) is 30.8 Å². The van der Waals surface area contributed by atoms with Gasteiger partial charge in [-0.2, -0.15) is 0 Å². The summed E-state index contributed by atoms with van der Waals surface area (Å²) in [4.78, 5) is 31.6. The van der Waals surface area contributed by atoms with Gasteiger partial charge in [-0.3, -0.25) is 4.79 Å². The third-order valence-electron chi connectivity index (χ3n) is 3.63. The number of aromatic hydroxyl groups is 1. The summed E-state index contributed by atoms with van der Waals surface area (Å²) in [5.74, 6) is -0.0578. The van der Waals surface area contributed by atoms with E-state index in [1.54, 1.807) is 0 Å². The molecule has 7 heteroatoms. The lowest BCUT2D eigenvalue weighted by atomic mass is 10.1. The van der Waals surface area contributed by atoms with Crippen molar-refractivity contribution in [1.82, 2.24) is 9.97 Å². The highest BCUT2D eigenvalue weighted by atomic mass is 16.4. The molecule has 1 aliphatic carbocycles. The van der Waals surface area contributed by atoms with Gasteiger partial charge in [0, 0.05) is 12.0 Å². The zero-order valence-electron chi connectivity index (χ0n) is 11.8. The van der Waals surface area contributed by atoms with Gasteiger partial charge < -0.3 is 14.8 Å². The molecule has 0 radical (unpaired) electrons. The van der Waals surface area contributed by atoms with Crippen LogP contribution in [0.2, 0.25) is 0 Å². The Morgan fingerprint density at radius 2 is 1.91 bits per heavy atom. The number of rotatable bonds is 3. The Balaban J connectivity index is 1.72. The predicted octanol–water partition coefficient (Wildman–Crippen LogP) is 2.05. The van der Waals surface area contributed by atoms with Gasteiger partial charge in [0.05, 0.1) is 24.1 Å². The van der Waals surface area contributed by atoms with Gasteiger partial charge in [0.25, 0.3) is 5.91 Å². The van der Waals surface area contributed by atoms with Crippen molar-refractivity contribution in [2.45, 2.75) is 31.6 Å². The molecule has 22 heavy (non-hydrogen) atoms. The molecule has 1 fully saturated rings. The molecule has 2 heterocycles. The molecular weight excluding hydrogens is 286 g/mol. The highest BCUT2D eigenvalue weighted by Gasteiger charge is 2.19. The Morgan fingerprint density at radius 3 is 2.55 bits per heavy atom. The second kappa shape index (κ2) is 5.97. The van der Waals surface area contributed by atoms with Crippen LogP contribution in [0.5, 0.6) is 5.75 Å². The van der Waals surface area contributed by atoms with E-state index in [1.165, 1.54) is 25.2 Å². The van der Waals surface area contributed by atoms with Crippen molar-refractivity contribution in [2.75, 3.05) is 5.32 Å². The standard InChI is InChI=1S/C15H15N3O4/c19-11-5-12(22-13(20)6-11)15(21)18-10-7-16-14(17-8-10)9-3-1-2-4-9/h5-9,19H,1-4H2,(H,18,21).